The third kappa shape index (κ3) is 2.56. The lowest BCUT2D eigenvalue weighted by molar-refractivity contribution is 0.397. The summed E-state index contributed by atoms with van der Waals surface area (Å²) in [5, 5.41) is 12.5. The van der Waals surface area contributed by atoms with Crippen LogP contribution in [0.1, 0.15) is 16.4 Å². The van der Waals surface area contributed by atoms with Crippen molar-refractivity contribution in [2.75, 3.05) is 0 Å². The number of nitriles is 1. The summed E-state index contributed by atoms with van der Waals surface area (Å²) < 4.78 is 7.55. The molecular weight excluding hydrogens is 382 g/mol. The average molecular weight is 397 g/mol. The highest BCUT2D eigenvalue weighted by Gasteiger charge is 2.36. The van der Waals surface area contributed by atoms with Gasteiger partial charge in [0.15, 0.2) is 0 Å². The van der Waals surface area contributed by atoms with Crippen LogP contribution in [-0.4, -0.2) is 4.57 Å². The molecular formula is C23H15N3O2S. The van der Waals surface area contributed by atoms with Crippen LogP contribution in [0, 0.1) is 11.3 Å². The monoisotopic (exact) mass is 397 g/mol. The predicted molar refractivity (Wildman–Crippen MR) is 113 cm³/mol. The normalized spacial score (nSPS) is 15.6. The Kier molecular flexibility index (Phi) is 3.97. The van der Waals surface area contributed by atoms with Gasteiger partial charge in [-0.3, -0.25) is 9.36 Å². The number of rotatable bonds is 2. The Morgan fingerprint density at radius 2 is 1.79 bits per heavy atom. The molecule has 0 spiro atoms. The van der Waals surface area contributed by atoms with Crippen molar-refractivity contribution >= 4 is 22.2 Å². The van der Waals surface area contributed by atoms with Crippen LogP contribution in [0.25, 0.3) is 16.6 Å². The molecule has 5 rings (SSSR count). The van der Waals surface area contributed by atoms with E-state index < -0.39 is 5.92 Å². The minimum atomic E-state index is -0.559. The molecule has 0 bridgehead atoms. The number of hydrogen-bond acceptors (Lipinski definition) is 5. The molecule has 1 atom stereocenters. The zero-order valence-corrected chi connectivity index (χ0v) is 16.0. The molecule has 1 aliphatic heterocycles. The second-order valence-electron chi connectivity index (χ2n) is 6.68. The molecule has 0 fully saturated rings. The molecule has 3 heterocycles. The highest BCUT2D eigenvalue weighted by atomic mass is 32.1. The smallest absolute Gasteiger partial charge is 0.263 e. The average Bonchev–Trinajstić information content (AvgIpc) is 3.28. The summed E-state index contributed by atoms with van der Waals surface area (Å²) in [5.41, 5.74) is 8.07. The zero-order chi connectivity index (χ0) is 20.0. The van der Waals surface area contributed by atoms with Crippen LogP contribution >= 0.6 is 11.3 Å². The lowest BCUT2D eigenvalue weighted by atomic mass is 9.87. The standard InChI is InChI=1S/C23H15N3O2S/c24-13-16-19(18-11-6-12-29-18)20-21(28-22(16)25)15-9-4-5-10-17(15)26(23(20)27)14-7-2-1-3-8-14/h1-12,19H,25H2/t19-/m1/s1. The molecule has 140 valence electrons. The Morgan fingerprint density at radius 1 is 1.03 bits per heavy atom. The number of nitrogens with two attached hydrogens (primary N) is 1. The Morgan fingerprint density at radius 3 is 2.52 bits per heavy atom. The molecule has 0 radical (unpaired) electrons. The van der Waals surface area contributed by atoms with E-state index in [1.807, 2.05) is 72.1 Å². The third-order valence-corrected chi connectivity index (χ3v) is 6.02. The van der Waals surface area contributed by atoms with E-state index in [9.17, 15) is 10.1 Å². The molecule has 2 N–H and O–H groups in total. The maximum Gasteiger partial charge on any atom is 0.263 e. The predicted octanol–water partition coefficient (Wildman–Crippen LogP) is 4.27. The third-order valence-electron chi connectivity index (χ3n) is 5.09. The molecule has 0 saturated heterocycles. The van der Waals surface area contributed by atoms with Crippen molar-refractivity contribution in [3.63, 3.8) is 0 Å². The van der Waals surface area contributed by atoms with Gasteiger partial charge >= 0.3 is 0 Å². The van der Waals surface area contributed by atoms with Crippen molar-refractivity contribution in [3.05, 3.63) is 104 Å². The molecule has 0 saturated carbocycles. The summed E-state index contributed by atoms with van der Waals surface area (Å²) in [4.78, 5) is 14.7. The number of benzene rings is 2. The number of para-hydroxylation sites is 2. The van der Waals surface area contributed by atoms with Crippen molar-refractivity contribution < 1.29 is 4.74 Å². The van der Waals surface area contributed by atoms with Crippen LogP contribution in [0.2, 0.25) is 0 Å². The molecule has 0 amide bonds. The van der Waals surface area contributed by atoms with Crippen LogP contribution < -0.4 is 16.0 Å². The first-order chi connectivity index (χ1) is 14.2. The van der Waals surface area contributed by atoms with Crippen molar-refractivity contribution in [2.45, 2.75) is 5.92 Å². The quantitative estimate of drug-likeness (QED) is 0.548. The van der Waals surface area contributed by atoms with E-state index in [4.69, 9.17) is 10.5 Å². The van der Waals surface area contributed by atoms with Gasteiger partial charge in [0.2, 0.25) is 5.88 Å². The van der Waals surface area contributed by atoms with Crippen molar-refractivity contribution in [1.29, 1.82) is 5.26 Å². The van der Waals surface area contributed by atoms with Gasteiger partial charge in [0, 0.05) is 16.0 Å². The molecule has 4 aromatic rings. The van der Waals surface area contributed by atoms with Gasteiger partial charge in [-0.25, -0.2) is 0 Å². The molecule has 6 heteroatoms. The second-order valence-corrected chi connectivity index (χ2v) is 7.66. The molecule has 2 aromatic carbocycles. The van der Waals surface area contributed by atoms with E-state index in [0.717, 1.165) is 21.5 Å². The van der Waals surface area contributed by atoms with Crippen LogP contribution in [0.4, 0.5) is 0 Å². The summed E-state index contributed by atoms with van der Waals surface area (Å²) in [6.07, 6.45) is 0. The van der Waals surface area contributed by atoms with Gasteiger partial charge in [-0.2, -0.15) is 5.26 Å². The highest BCUT2D eigenvalue weighted by molar-refractivity contribution is 7.10. The van der Waals surface area contributed by atoms with Gasteiger partial charge in [-0.15, -0.1) is 11.3 Å². The summed E-state index contributed by atoms with van der Waals surface area (Å²) in [6.45, 7) is 0. The molecule has 0 unspecified atom stereocenters. The van der Waals surface area contributed by atoms with Gasteiger partial charge in [-0.1, -0.05) is 36.4 Å². The van der Waals surface area contributed by atoms with Crippen LogP contribution in [0.15, 0.2) is 88.4 Å². The van der Waals surface area contributed by atoms with Crippen LogP contribution in [0.3, 0.4) is 0 Å². The first-order valence-corrected chi connectivity index (χ1v) is 9.92. The van der Waals surface area contributed by atoms with E-state index >= 15 is 0 Å². The van der Waals surface area contributed by atoms with E-state index in [2.05, 4.69) is 6.07 Å². The molecule has 1 aliphatic rings. The van der Waals surface area contributed by atoms with E-state index in [1.54, 1.807) is 4.57 Å². The van der Waals surface area contributed by atoms with E-state index in [1.165, 1.54) is 11.3 Å². The Labute approximate surface area is 170 Å². The highest BCUT2D eigenvalue weighted by Crippen LogP contribution is 2.44. The van der Waals surface area contributed by atoms with Crippen LogP contribution in [0.5, 0.6) is 5.75 Å². The SMILES string of the molecule is N#CC1=C(N)Oc2c(c(=O)n(-c3ccccc3)c3ccccc23)[C@H]1c1cccs1. The fourth-order valence-electron chi connectivity index (χ4n) is 3.84. The first-order valence-electron chi connectivity index (χ1n) is 9.04. The second kappa shape index (κ2) is 6.66. The number of fused-ring (bicyclic) bond motifs is 3. The number of pyridine rings is 1. The summed E-state index contributed by atoms with van der Waals surface area (Å²) in [6, 6.07) is 23.0. The topological polar surface area (TPSA) is 81.0 Å². The number of allylic oxidation sites excluding steroid dienone is 1. The molecule has 2 aromatic heterocycles. The number of aromatic nitrogens is 1. The van der Waals surface area contributed by atoms with Gasteiger partial charge < -0.3 is 10.5 Å². The van der Waals surface area contributed by atoms with Crippen LogP contribution in [-0.2, 0) is 0 Å². The van der Waals surface area contributed by atoms with Crippen molar-refractivity contribution in [2.24, 2.45) is 5.73 Å². The molecule has 5 nitrogen and oxygen atoms in total. The Bertz CT molecular complexity index is 1360. The Balaban J connectivity index is 1.95. The van der Waals surface area contributed by atoms with Crippen molar-refractivity contribution in [1.82, 2.24) is 4.57 Å². The fraction of sp³-hybridized carbons (Fsp3) is 0.0435. The largest absolute Gasteiger partial charge is 0.439 e. The number of nitrogens with zero attached hydrogens (tertiary/aromatic N) is 2. The van der Waals surface area contributed by atoms with Gasteiger partial charge in [-0.05, 0) is 35.7 Å². The molecule has 29 heavy (non-hydrogen) atoms. The summed E-state index contributed by atoms with van der Waals surface area (Å²) in [5.74, 6) is -0.0936. The minimum Gasteiger partial charge on any atom is -0.439 e. The lowest BCUT2D eigenvalue weighted by Gasteiger charge is -2.27. The summed E-state index contributed by atoms with van der Waals surface area (Å²) >= 11 is 1.49. The van der Waals surface area contributed by atoms with Gasteiger partial charge in [0.05, 0.1) is 17.0 Å². The maximum absolute atomic E-state index is 13.8. The zero-order valence-electron chi connectivity index (χ0n) is 15.2. The summed E-state index contributed by atoms with van der Waals surface area (Å²) in [7, 11) is 0. The fourth-order valence-corrected chi connectivity index (χ4v) is 4.69. The van der Waals surface area contributed by atoms with Crippen molar-refractivity contribution in [3.8, 4) is 17.5 Å². The van der Waals surface area contributed by atoms with E-state index in [0.29, 0.717) is 11.3 Å². The first kappa shape index (κ1) is 17.3. The number of thiophene rings is 1. The maximum atomic E-state index is 13.8. The number of ether oxygens (including phenoxy) is 1. The lowest BCUT2D eigenvalue weighted by Crippen LogP contribution is -2.31. The molecule has 0 aliphatic carbocycles. The van der Waals surface area contributed by atoms with E-state index in [-0.39, 0.29) is 17.0 Å². The number of hydrogen-bond donors (Lipinski definition) is 1. The van der Waals surface area contributed by atoms with Gasteiger partial charge in [0.25, 0.3) is 5.56 Å². The van der Waals surface area contributed by atoms with Gasteiger partial charge in [0.1, 0.15) is 17.4 Å². The Hall–Kier alpha value is -3.82. The minimum absolute atomic E-state index is 0.0421.